The van der Waals surface area contributed by atoms with Gasteiger partial charge in [-0.15, -0.1) is 0 Å². The van der Waals surface area contributed by atoms with Crippen molar-refractivity contribution in [3.8, 4) is 0 Å². The van der Waals surface area contributed by atoms with Gasteiger partial charge in [-0.05, 0) is 0 Å². The normalized spacial score (nSPS) is 15.3. The molecule has 1 aliphatic carbocycles. The molecule has 3 aromatic carbocycles. The molecule has 0 radical (unpaired) electrons. The number of carboxylic acid groups (broad SMARTS) is 1. The van der Waals surface area contributed by atoms with E-state index in [1.165, 1.54) is 0 Å². The van der Waals surface area contributed by atoms with Crippen LogP contribution >= 0.6 is 6.83 Å². The van der Waals surface area contributed by atoms with E-state index >= 15 is 0 Å². The van der Waals surface area contributed by atoms with Gasteiger partial charge in [0.1, 0.15) is 0 Å². The van der Waals surface area contributed by atoms with E-state index in [1.54, 1.807) is 0 Å². The van der Waals surface area contributed by atoms with Crippen LogP contribution in [0.15, 0.2) is 91.0 Å². The molecule has 4 rings (SSSR count). The van der Waals surface area contributed by atoms with Gasteiger partial charge < -0.3 is 0 Å². The van der Waals surface area contributed by atoms with E-state index in [1.807, 2.05) is 54.6 Å². The molecule has 1 fully saturated rings. The molecule has 0 aromatic heterocycles. The predicted molar refractivity (Wildman–Crippen MR) is 126 cm³/mol. The van der Waals surface area contributed by atoms with Crippen LogP contribution in [0.2, 0.25) is 0 Å². The summed E-state index contributed by atoms with van der Waals surface area (Å²) in [5, 5.41) is 12.2. The molecule has 3 aromatic rings. The van der Waals surface area contributed by atoms with Crippen LogP contribution in [0.5, 0.6) is 0 Å². The molecule has 0 heterocycles. The summed E-state index contributed by atoms with van der Waals surface area (Å²) in [6, 6.07) is 30.3. The van der Waals surface area contributed by atoms with Gasteiger partial charge in [-0.25, -0.2) is 0 Å². The van der Waals surface area contributed by atoms with E-state index in [9.17, 15) is 9.59 Å². The minimum atomic E-state index is -3.69. The molecule has 0 bridgehead atoms. The average Bonchev–Trinajstić information content (AvgIpc) is 2.78. The fraction of sp³-hybridized carbons (Fsp3) is 0.231. The van der Waals surface area contributed by atoms with Crippen molar-refractivity contribution >= 4 is 34.7 Å². The molecule has 0 spiro atoms. The molecule has 5 heteroatoms. The number of rotatable bonds is 8. The van der Waals surface area contributed by atoms with Crippen molar-refractivity contribution in [1.29, 1.82) is 0 Å². The van der Waals surface area contributed by atoms with Crippen molar-refractivity contribution in [3.05, 3.63) is 91.0 Å². The zero-order valence-corrected chi connectivity index (χ0v) is 18.3. The van der Waals surface area contributed by atoms with E-state index in [2.05, 4.69) is 36.4 Å². The van der Waals surface area contributed by atoms with Crippen LogP contribution < -0.4 is 15.9 Å². The molecule has 1 N–H and O–H groups in total. The summed E-state index contributed by atoms with van der Waals surface area (Å²) in [5.74, 6) is -1.46. The number of aliphatic carboxylic acids is 1. The van der Waals surface area contributed by atoms with Crippen LogP contribution in [-0.2, 0) is 14.1 Å². The number of carboxylic acids is 1. The Morgan fingerprint density at radius 2 is 1.16 bits per heavy atom. The van der Waals surface area contributed by atoms with E-state index in [0.717, 1.165) is 35.2 Å². The predicted octanol–water partition coefficient (Wildman–Crippen LogP) is 4.39. The summed E-state index contributed by atoms with van der Waals surface area (Å²) < 4.78 is 6.77. The van der Waals surface area contributed by atoms with Crippen molar-refractivity contribution in [2.75, 3.05) is 0 Å². The fourth-order valence-corrected chi connectivity index (χ4v) is 11.6. The third-order valence-corrected chi connectivity index (χ3v) is 12.9. The van der Waals surface area contributed by atoms with Crippen molar-refractivity contribution in [2.24, 2.45) is 0 Å². The second-order valence-corrected chi connectivity index (χ2v) is 12.7. The second kappa shape index (κ2) is 8.64. The number of carbonyl (C=O) groups is 2. The Hall–Kier alpha value is -2.97. The van der Waals surface area contributed by atoms with Crippen LogP contribution in [-0.4, -0.2) is 22.7 Å². The van der Waals surface area contributed by atoms with Crippen molar-refractivity contribution in [1.82, 2.24) is 0 Å². The van der Waals surface area contributed by atoms with Gasteiger partial charge in [0, 0.05) is 0 Å². The molecular formula is C26H27O4P. The molecular weight excluding hydrogens is 407 g/mol. The number of hydrogen-bond acceptors (Lipinski definition) is 3. The first-order valence-corrected chi connectivity index (χ1v) is 12.9. The first-order chi connectivity index (χ1) is 15.1. The fourth-order valence-electron chi connectivity index (χ4n) is 4.83. The first kappa shape index (κ1) is 21.3. The molecule has 1 saturated carbocycles. The second-order valence-electron chi connectivity index (χ2n) is 8.05. The topological polar surface area (TPSA) is 63.6 Å². The summed E-state index contributed by atoms with van der Waals surface area (Å²) in [7, 11) is 0. The van der Waals surface area contributed by atoms with Crippen molar-refractivity contribution in [3.63, 3.8) is 0 Å². The third kappa shape index (κ3) is 3.45. The molecule has 0 saturated heterocycles. The molecule has 31 heavy (non-hydrogen) atoms. The Balaban J connectivity index is 2.06. The van der Waals surface area contributed by atoms with Crippen LogP contribution in [0, 0.1) is 0 Å². The summed E-state index contributed by atoms with van der Waals surface area (Å²) in [6.07, 6.45) is 2.62. The number of hydrogen-bond donors (Lipinski definition) is 1. The van der Waals surface area contributed by atoms with Crippen molar-refractivity contribution < 1.29 is 19.2 Å². The average molecular weight is 434 g/mol. The maximum absolute atomic E-state index is 13.3. The molecule has 0 aliphatic heterocycles. The van der Waals surface area contributed by atoms with E-state index in [-0.39, 0.29) is 18.5 Å². The Labute approximate surface area is 182 Å². The molecule has 0 unspecified atom stereocenters. The molecule has 4 nitrogen and oxygen atoms in total. The summed E-state index contributed by atoms with van der Waals surface area (Å²) in [5.41, 5.74) is 0.159. The molecule has 1 aliphatic rings. The van der Waals surface area contributed by atoms with Gasteiger partial charge in [-0.1, -0.05) is 0 Å². The van der Waals surface area contributed by atoms with Crippen LogP contribution in [0.1, 0.15) is 32.1 Å². The number of carbonyl (C=O) groups excluding carboxylic acids is 1. The van der Waals surface area contributed by atoms with Crippen LogP contribution in [0.4, 0.5) is 0 Å². The molecule has 0 atom stereocenters. The van der Waals surface area contributed by atoms with Gasteiger partial charge in [0.25, 0.3) is 0 Å². The Kier molecular flexibility index (Phi) is 5.93. The van der Waals surface area contributed by atoms with Crippen LogP contribution in [0.3, 0.4) is 0 Å². The summed E-state index contributed by atoms with van der Waals surface area (Å²) in [4.78, 5) is 24.4. The van der Waals surface area contributed by atoms with E-state index in [0.29, 0.717) is 0 Å². The Morgan fingerprint density at radius 3 is 1.48 bits per heavy atom. The third-order valence-electron chi connectivity index (χ3n) is 6.41. The maximum atomic E-state index is 13.3. The first-order valence-electron chi connectivity index (χ1n) is 10.7. The van der Waals surface area contributed by atoms with Gasteiger partial charge in [0.05, 0.1) is 0 Å². The molecule has 0 amide bonds. The summed E-state index contributed by atoms with van der Waals surface area (Å²) >= 11 is 0. The van der Waals surface area contributed by atoms with Gasteiger partial charge >= 0.3 is 183 Å². The Bertz CT molecular complexity index is 947. The summed E-state index contributed by atoms with van der Waals surface area (Å²) in [6.45, 7) is -3.69. The SMILES string of the molecule is O=C(O)CCC(=O)OP(c1ccccc1)(c1ccccc1)(c1ccccc1)C1CCC1. The van der Waals surface area contributed by atoms with Crippen molar-refractivity contribution in [2.45, 2.75) is 37.8 Å². The zero-order valence-electron chi connectivity index (χ0n) is 17.4. The standard InChI is InChI=1S/C26H27O4P/c27-25(28)19-20-26(29)30-31(24-17-10-18-24,21-11-4-1-5-12-21,22-13-6-2-7-14-22)23-15-8-3-9-16-23/h1-9,11-16,24H,10,17-20H2,(H,27,28). The zero-order chi connectivity index (χ0) is 21.8. The van der Waals surface area contributed by atoms with Gasteiger partial charge in [0.15, 0.2) is 0 Å². The minimum absolute atomic E-state index is 0.146. The van der Waals surface area contributed by atoms with Gasteiger partial charge in [-0.2, -0.15) is 0 Å². The monoisotopic (exact) mass is 434 g/mol. The molecule has 160 valence electrons. The Morgan fingerprint density at radius 1 is 0.742 bits per heavy atom. The van der Waals surface area contributed by atoms with E-state index < -0.39 is 18.8 Å². The van der Waals surface area contributed by atoms with E-state index in [4.69, 9.17) is 9.63 Å². The van der Waals surface area contributed by atoms with Crippen LogP contribution in [0.25, 0.3) is 0 Å². The van der Waals surface area contributed by atoms with Gasteiger partial charge in [0.2, 0.25) is 0 Å². The quantitative estimate of drug-likeness (QED) is 0.534. The number of benzene rings is 3. The van der Waals surface area contributed by atoms with Gasteiger partial charge in [-0.3, -0.25) is 0 Å².